The fourth-order valence-electron chi connectivity index (χ4n) is 3.97. The number of benzene rings is 1. The summed E-state index contributed by atoms with van der Waals surface area (Å²) >= 11 is 6.17. The molecule has 3 heterocycles. The summed E-state index contributed by atoms with van der Waals surface area (Å²) in [6.45, 7) is 5.90. The maximum atomic E-state index is 12.7. The van der Waals surface area contributed by atoms with Gasteiger partial charge in [0.25, 0.3) is 0 Å². The van der Waals surface area contributed by atoms with E-state index in [0.717, 1.165) is 18.7 Å². The number of nitrogens with zero attached hydrogens (tertiary/aromatic N) is 6. The Kier molecular flexibility index (Phi) is 6.99. The first-order chi connectivity index (χ1) is 15.1. The smallest absolute Gasteiger partial charge is 0.236 e. The summed E-state index contributed by atoms with van der Waals surface area (Å²) in [6, 6.07) is 9.25. The highest BCUT2D eigenvalue weighted by atomic mass is 35.5. The summed E-state index contributed by atoms with van der Waals surface area (Å²) in [4.78, 5) is 41.9. The molecule has 164 valence electrons. The van der Waals surface area contributed by atoms with Crippen LogP contribution in [0.5, 0.6) is 0 Å². The van der Waals surface area contributed by atoms with Gasteiger partial charge in [-0.3, -0.25) is 14.5 Å². The maximum Gasteiger partial charge on any atom is 0.236 e. The molecule has 1 aromatic heterocycles. The standard InChI is InChI=1S/C22H27ClN6O2/c23-19-5-2-1-4-18(19)16-20(30)27-10-8-26(9-11-27)17-21(31)28-12-14-29(15-13-28)22-24-6-3-7-25-22/h1-7H,8-17H2. The first kappa shape index (κ1) is 21.5. The molecule has 2 aromatic rings. The predicted octanol–water partition coefficient (Wildman–Crippen LogP) is 1.17. The van der Waals surface area contributed by atoms with Crippen molar-refractivity contribution in [2.45, 2.75) is 6.42 Å². The second-order valence-corrected chi connectivity index (χ2v) is 8.25. The van der Waals surface area contributed by atoms with Crippen LogP contribution in [0.3, 0.4) is 0 Å². The molecule has 8 nitrogen and oxygen atoms in total. The predicted molar refractivity (Wildman–Crippen MR) is 119 cm³/mol. The zero-order chi connectivity index (χ0) is 21.6. The minimum absolute atomic E-state index is 0.0818. The van der Waals surface area contributed by atoms with Gasteiger partial charge in [-0.1, -0.05) is 29.8 Å². The number of rotatable bonds is 5. The number of piperazine rings is 2. The van der Waals surface area contributed by atoms with Gasteiger partial charge in [0.05, 0.1) is 13.0 Å². The Bertz CT molecular complexity index is 896. The molecule has 0 unspecified atom stereocenters. The van der Waals surface area contributed by atoms with Crippen LogP contribution in [0.25, 0.3) is 0 Å². The zero-order valence-corrected chi connectivity index (χ0v) is 18.2. The van der Waals surface area contributed by atoms with E-state index in [4.69, 9.17) is 11.6 Å². The monoisotopic (exact) mass is 442 g/mol. The van der Waals surface area contributed by atoms with Crippen molar-refractivity contribution >= 4 is 29.4 Å². The molecule has 0 bridgehead atoms. The summed E-state index contributed by atoms with van der Waals surface area (Å²) in [5.41, 5.74) is 0.854. The topological polar surface area (TPSA) is 72.9 Å². The van der Waals surface area contributed by atoms with Gasteiger partial charge in [-0.25, -0.2) is 9.97 Å². The highest BCUT2D eigenvalue weighted by molar-refractivity contribution is 6.31. The van der Waals surface area contributed by atoms with Gasteiger partial charge in [0, 0.05) is 69.8 Å². The minimum Gasteiger partial charge on any atom is -0.340 e. The van der Waals surface area contributed by atoms with E-state index in [-0.39, 0.29) is 11.8 Å². The number of carbonyl (C=O) groups is 2. The third kappa shape index (κ3) is 5.51. The fraction of sp³-hybridized carbons (Fsp3) is 0.455. The van der Waals surface area contributed by atoms with Crippen LogP contribution in [0.15, 0.2) is 42.7 Å². The largest absolute Gasteiger partial charge is 0.340 e. The van der Waals surface area contributed by atoms with E-state index in [2.05, 4.69) is 19.8 Å². The van der Waals surface area contributed by atoms with Crippen LogP contribution in [-0.4, -0.2) is 95.4 Å². The van der Waals surface area contributed by atoms with E-state index < -0.39 is 0 Å². The lowest BCUT2D eigenvalue weighted by atomic mass is 10.1. The van der Waals surface area contributed by atoms with Crippen molar-refractivity contribution in [3.8, 4) is 0 Å². The molecule has 2 aliphatic heterocycles. The summed E-state index contributed by atoms with van der Waals surface area (Å²) in [5.74, 6) is 0.940. The molecule has 0 N–H and O–H groups in total. The van der Waals surface area contributed by atoms with Gasteiger partial charge in [0.1, 0.15) is 0 Å². The van der Waals surface area contributed by atoms with E-state index in [1.165, 1.54) is 0 Å². The maximum absolute atomic E-state index is 12.7. The second kappa shape index (κ2) is 10.1. The number of hydrogen-bond donors (Lipinski definition) is 0. The Morgan fingerprint density at radius 2 is 1.42 bits per heavy atom. The van der Waals surface area contributed by atoms with Crippen LogP contribution < -0.4 is 4.90 Å². The zero-order valence-electron chi connectivity index (χ0n) is 17.5. The van der Waals surface area contributed by atoms with Crippen molar-refractivity contribution in [1.82, 2.24) is 24.7 Å². The quantitative estimate of drug-likeness (QED) is 0.692. The first-order valence-electron chi connectivity index (χ1n) is 10.6. The lowest BCUT2D eigenvalue weighted by molar-refractivity contribution is -0.135. The Hall–Kier alpha value is -2.71. The highest BCUT2D eigenvalue weighted by Crippen LogP contribution is 2.17. The number of amides is 2. The molecule has 0 aliphatic carbocycles. The van der Waals surface area contributed by atoms with Crippen molar-refractivity contribution in [2.75, 3.05) is 63.8 Å². The van der Waals surface area contributed by atoms with E-state index in [1.54, 1.807) is 24.5 Å². The highest BCUT2D eigenvalue weighted by Gasteiger charge is 2.26. The van der Waals surface area contributed by atoms with Gasteiger partial charge >= 0.3 is 0 Å². The average molecular weight is 443 g/mol. The Balaban J connectivity index is 1.20. The van der Waals surface area contributed by atoms with Gasteiger partial charge < -0.3 is 14.7 Å². The lowest BCUT2D eigenvalue weighted by Gasteiger charge is -2.38. The minimum atomic E-state index is 0.0818. The van der Waals surface area contributed by atoms with E-state index in [1.807, 2.05) is 28.0 Å². The van der Waals surface area contributed by atoms with Crippen molar-refractivity contribution in [2.24, 2.45) is 0 Å². The number of aromatic nitrogens is 2. The SMILES string of the molecule is O=C(Cc1ccccc1Cl)N1CCN(CC(=O)N2CCN(c3ncccn3)CC2)CC1. The summed E-state index contributed by atoms with van der Waals surface area (Å²) in [5, 5.41) is 0.624. The van der Waals surface area contributed by atoms with E-state index >= 15 is 0 Å². The molecule has 1 aromatic carbocycles. The summed E-state index contributed by atoms with van der Waals surface area (Å²) in [6.07, 6.45) is 3.78. The molecule has 2 amide bonds. The first-order valence-corrected chi connectivity index (χ1v) is 11.0. The van der Waals surface area contributed by atoms with Crippen LogP contribution in [-0.2, 0) is 16.0 Å². The average Bonchev–Trinajstić information content (AvgIpc) is 2.81. The third-order valence-corrected chi connectivity index (χ3v) is 6.22. The van der Waals surface area contributed by atoms with E-state index in [0.29, 0.717) is 63.2 Å². The Labute approximate surface area is 187 Å². The molecular weight excluding hydrogens is 416 g/mol. The van der Waals surface area contributed by atoms with Gasteiger partial charge in [0.2, 0.25) is 17.8 Å². The molecule has 2 fully saturated rings. The van der Waals surface area contributed by atoms with Crippen molar-refractivity contribution < 1.29 is 9.59 Å². The van der Waals surface area contributed by atoms with Crippen molar-refractivity contribution in [1.29, 1.82) is 0 Å². The molecule has 2 aliphatic rings. The van der Waals surface area contributed by atoms with Crippen LogP contribution in [0.2, 0.25) is 5.02 Å². The van der Waals surface area contributed by atoms with Crippen LogP contribution in [0.1, 0.15) is 5.56 Å². The van der Waals surface area contributed by atoms with Crippen LogP contribution in [0.4, 0.5) is 5.95 Å². The van der Waals surface area contributed by atoms with Gasteiger partial charge in [-0.15, -0.1) is 0 Å². The van der Waals surface area contributed by atoms with Gasteiger partial charge in [-0.2, -0.15) is 0 Å². The number of hydrogen-bond acceptors (Lipinski definition) is 6. The van der Waals surface area contributed by atoms with Gasteiger partial charge in [-0.05, 0) is 17.7 Å². The molecule has 2 saturated heterocycles. The molecule has 0 radical (unpaired) electrons. The lowest BCUT2D eigenvalue weighted by Crippen LogP contribution is -2.54. The van der Waals surface area contributed by atoms with E-state index in [9.17, 15) is 9.59 Å². The number of carbonyl (C=O) groups excluding carboxylic acids is 2. The summed E-state index contributed by atoms with van der Waals surface area (Å²) < 4.78 is 0. The van der Waals surface area contributed by atoms with Crippen LogP contribution in [0, 0.1) is 0 Å². The van der Waals surface area contributed by atoms with Crippen LogP contribution >= 0.6 is 11.6 Å². The molecule has 0 spiro atoms. The molecule has 9 heteroatoms. The number of halogens is 1. The molecule has 4 rings (SSSR count). The van der Waals surface area contributed by atoms with Crippen molar-refractivity contribution in [3.63, 3.8) is 0 Å². The second-order valence-electron chi connectivity index (χ2n) is 7.84. The molecule has 0 saturated carbocycles. The summed E-state index contributed by atoms with van der Waals surface area (Å²) in [7, 11) is 0. The Morgan fingerprint density at radius 1 is 0.806 bits per heavy atom. The van der Waals surface area contributed by atoms with Gasteiger partial charge in [0.15, 0.2) is 0 Å². The number of anilines is 1. The normalized spacial score (nSPS) is 17.6. The third-order valence-electron chi connectivity index (χ3n) is 5.85. The molecule has 0 atom stereocenters. The molecule has 31 heavy (non-hydrogen) atoms. The Morgan fingerprint density at radius 3 is 2.10 bits per heavy atom. The molecular formula is C22H27ClN6O2. The fourth-order valence-corrected chi connectivity index (χ4v) is 4.18. The van der Waals surface area contributed by atoms with Crippen molar-refractivity contribution in [3.05, 3.63) is 53.3 Å².